The highest BCUT2D eigenvalue weighted by molar-refractivity contribution is 6.00. The Balaban J connectivity index is 1.24. The fourth-order valence-electron chi connectivity index (χ4n) is 4.04. The van der Waals surface area contributed by atoms with Gasteiger partial charge in [0.25, 0.3) is 0 Å². The number of rotatable bonds is 6. The van der Waals surface area contributed by atoms with Crippen LogP contribution in [-0.4, -0.2) is 67.5 Å². The molecular formula is C23H26FN3O3. The number of benzene rings is 2. The SMILES string of the molecule is O=C(C1CC(=O)N(c2ccccc2F)C1)N1CCN(CCOc2ccccc2)CC1. The molecule has 2 aromatic carbocycles. The summed E-state index contributed by atoms with van der Waals surface area (Å²) in [5.41, 5.74) is 0.251. The van der Waals surface area contributed by atoms with Gasteiger partial charge in [-0.15, -0.1) is 0 Å². The molecule has 0 bridgehead atoms. The van der Waals surface area contributed by atoms with Crippen molar-refractivity contribution in [2.75, 3.05) is 50.8 Å². The number of halogens is 1. The van der Waals surface area contributed by atoms with Crippen LogP contribution in [0.25, 0.3) is 0 Å². The normalized spacial score (nSPS) is 19.9. The molecule has 0 N–H and O–H groups in total. The third-order valence-corrected chi connectivity index (χ3v) is 5.72. The van der Waals surface area contributed by atoms with Gasteiger partial charge in [-0.2, -0.15) is 0 Å². The van der Waals surface area contributed by atoms with E-state index in [-0.39, 0.29) is 30.5 Å². The van der Waals surface area contributed by atoms with Gasteiger partial charge in [-0.05, 0) is 24.3 Å². The predicted molar refractivity (Wildman–Crippen MR) is 112 cm³/mol. The van der Waals surface area contributed by atoms with Crippen LogP contribution in [0.3, 0.4) is 0 Å². The average Bonchev–Trinajstić information content (AvgIpc) is 3.16. The molecule has 2 amide bonds. The molecule has 30 heavy (non-hydrogen) atoms. The highest BCUT2D eigenvalue weighted by atomic mass is 19.1. The second-order valence-corrected chi connectivity index (χ2v) is 7.69. The summed E-state index contributed by atoms with van der Waals surface area (Å²) in [6, 6.07) is 15.9. The van der Waals surface area contributed by atoms with E-state index in [1.807, 2.05) is 35.2 Å². The van der Waals surface area contributed by atoms with Gasteiger partial charge >= 0.3 is 0 Å². The first-order valence-electron chi connectivity index (χ1n) is 10.4. The Morgan fingerprint density at radius 2 is 1.70 bits per heavy atom. The summed E-state index contributed by atoms with van der Waals surface area (Å²) in [7, 11) is 0. The molecule has 0 radical (unpaired) electrons. The zero-order valence-electron chi connectivity index (χ0n) is 16.9. The molecule has 158 valence electrons. The molecule has 6 nitrogen and oxygen atoms in total. The maximum absolute atomic E-state index is 14.0. The molecule has 7 heteroatoms. The number of carbonyl (C=O) groups excluding carboxylic acids is 2. The summed E-state index contributed by atoms with van der Waals surface area (Å²) in [6.07, 6.45) is 0.137. The van der Waals surface area contributed by atoms with Crippen molar-refractivity contribution in [3.63, 3.8) is 0 Å². The number of piperazine rings is 1. The van der Waals surface area contributed by atoms with Crippen LogP contribution in [0.15, 0.2) is 54.6 Å². The maximum atomic E-state index is 14.0. The topological polar surface area (TPSA) is 53.1 Å². The van der Waals surface area contributed by atoms with Crippen molar-refractivity contribution in [1.29, 1.82) is 0 Å². The fourth-order valence-corrected chi connectivity index (χ4v) is 4.04. The molecule has 1 atom stereocenters. The van der Waals surface area contributed by atoms with Gasteiger partial charge in [-0.1, -0.05) is 30.3 Å². The lowest BCUT2D eigenvalue weighted by Gasteiger charge is -2.35. The van der Waals surface area contributed by atoms with Crippen LogP contribution in [0.5, 0.6) is 5.75 Å². The highest BCUT2D eigenvalue weighted by Gasteiger charge is 2.38. The number of para-hydroxylation sites is 2. The predicted octanol–water partition coefficient (Wildman–Crippen LogP) is 2.40. The maximum Gasteiger partial charge on any atom is 0.228 e. The van der Waals surface area contributed by atoms with E-state index in [4.69, 9.17) is 4.74 Å². The standard InChI is InChI=1S/C23H26FN3O3/c24-20-8-4-5-9-21(20)27-17-18(16-22(27)28)23(29)26-12-10-25(11-13-26)14-15-30-19-6-2-1-3-7-19/h1-9,18H,10-17H2. The average molecular weight is 411 g/mol. The van der Waals surface area contributed by atoms with E-state index >= 15 is 0 Å². The lowest BCUT2D eigenvalue weighted by molar-refractivity contribution is -0.137. The van der Waals surface area contributed by atoms with Crippen LogP contribution in [-0.2, 0) is 9.59 Å². The summed E-state index contributed by atoms with van der Waals surface area (Å²) in [4.78, 5) is 30.8. The van der Waals surface area contributed by atoms with Crippen molar-refractivity contribution >= 4 is 17.5 Å². The highest BCUT2D eigenvalue weighted by Crippen LogP contribution is 2.28. The van der Waals surface area contributed by atoms with E-state index in [9.17, 15) is 14.0 Å². The van der Waals surface area contributed by atoms with E-state index in [1.54, 1.807) is 18.2 Å². The second-order valence-electron chi connectivity index (χ2n) is 7.69. The largest absolute Gasteiger partial charge is 0.492 e. The summed E-state index contributed by atoms with van der Waals surface area (Å²) >= 11 is 0. The Morgan fingerprint density at radius 1 is 1.00 bits per heavy atom. The van der Waals surface area contributed by atoms with E-state index in [0.717, 1.165) is 25.4 Å². The molecule has 2 saturated heterocycles. The minimum Gasteiger partial charge on any atom is -0.492 e. The van der Waals surface area contributed by atoms with Crippen molar-refractivity contribution in [1.82, 2.24) is 9.80 Å². The summed E-state index contributed by atoms with van der Waals surface area (Å²) in [6.45, 7) is 4.47. The summed E-state index contributed by atoms with van der Waals surface area (Å²) < 4.78 is 19.8. The number of amides is 2. The van der Waals surface area contributed by atoms with Crippen LogP contribution in [0.4, 0.5) is 10.1 Å². The van der Waals surface area contributed by atoms with E-state index in [2.05, 4.69) is 4.90 Å². The van der Waals surface area contributed by atoms with Gasteiger partial charge in [-0.3, -0.25) is 14.5 Å². The van der Waals surface area contributed by atoms with Crippen LogP contribution in [0.2, 0.25) is 0 Å². The Morgan fingerprint density at radius 3 is 2.43 bits per heavy atom. The second kappa shape index (κ2) is 9.26. The molecule has 2 fully saturated rings. The van der Waals surface area contributed by atoms with Crippen LogP contribution >= 0.6 is 0 Å². The van der Waals surface area contributed by atoms with E-state index < -0.39 is 11.7 Å². The minimum absolute atomic E-state index is 0.0117. The number of hydrogen-bond donors (Lipinski definition) is 0. The van der Waals surface area contributed by atoms with Crippen molar-refractivity contribution in [3.05, 3.63) is 60.4 Å². The zero-order chi connectivity index (χ0) is 20.9. The first kappa shape index (κ1) is 20.3. The lowest BCUT2D eigenvalue weighted by atomic mass is 10.1. The number of ether oxygens (including phenoxy) is 1. The van der Waals surface area contributed by atoms with Crippen molar-refractivity contribution in [2.45, 2.75) is 6.42 Å². The Bertz CT molecular complexity index is 884. The van der Waals surface area contributed by atoms with Crippen LogP contribution < -0.4 is 9.64 Å². The zero-order valence-corrected chi connectivity index (χ0v) is 16.9. The molecule has 2 aliphatic rings. The number of carbonyl (C=O) groups is 2. The number of anilines is 1. The van der Waals surface area contributed by atoms with E-state index in [1.165, 1.54) is 11.0 Å². The molecule has 2 heterocycles. The van der Waals surface area contributed by atoms with Crippen LogP contribution in [0, 0.1) is 11.7 Å². The molecule has 2 aliphatic heterocycles. The molecule has 2 aromatic rings. The van der Waals surface area contributed by atoms with Gasteiger partial charge in [0, 0.05) is 45.7 Å². The van der Waals surface area contributed by atoms with Gasteiger partial charge in [0.05, 0.1) is 11.6 Å². The molecule has 0 aliphatic carbocycles. The van der Waals surface area contributed by atoms with Crippen molar-refractivity contribution in [3.8, 4) is 5.75 Å². The number of nitrogens with zero attached hydrogens (tertiary/aromatic N) is 3. The van der Waals surface area contributed by atoms with Gasteiger partial charge in [0.2, 0.25) is 11.8 Å². The summed E-state index contributed by atoms with van der Waals surface area (Å²) in [5.74, 6) is -0.204. The molecule has 4 rings (SSSR count). The van der Waals surface area contributed by atoms with Gasteiger partial charge < -0.3 is 14.5 Å². The first-order valence-corrected chi connectivity index (χ1v) is 10.4. The Kier molecular flexibility index (Phi) is 6.28. The van der Waals surface area contributed by atoms with E-state index in [0.29, 0.717) is 19.7 Å². The van der Waals surface area contributed by atoms with Crippen molar-refractivity contribution in [2.24, 2.45) is 5.92 Å². The van der Waals surface area contributed by atoms with Crippen molar-refractivity contribution < 1.29 is 18.7 Å². The first-order chi connectivity index (χ1) is 14.6. The molecule has 0 saturated carbocycles. The Labute approximate surface area is 175 Å². The third kappa shape index (κ3) is 4.62. The van der Waals surface area contributed by atoms with Gasteiger partial charge in [-0.25, -0.2) is 4.39 Å². The lowest BCUT2D eigenvalue weighted by Crippen LogP contribution is -2.51. The van der Waals surface area contributed by atoms with Gasteiger partial charge in [0.15, 0.2) is 0 Å². The summed E-state index contributed by atoms with van der Waals surface area (Å²) in [5, 5.41) is 0. The third-order valence-electron chi connectivity index (χ3n) is 5.72. The monoisotopic (exact) mass is 411 g/mol. The molecule has 0 spiro atoms. The molecule has 1 unspecified atom stereocenters. The Hall–Kier alpha value is -2.93. The fraction of sp³-hybridized carbons (Fsp3) is 0.391. The molecular weight excluding hydrogens is 385 g/mol. The van der Waals surface area contributed by atoms with Crippen LogP contribution in [0.1, 0.15) is 6.42 Å². The molecule has 0 aromatic heterocycles. The quantitative estimate of drug-likeness (QED) is 0.733. The number of hydrogen-bond acceptors (Lipinski definition) is 4. The minimum atomic E-state index is -0.440. The smallest absolute Gasteiger partial charge is 0.228 e. The van der Waals surface area contributed by atoms with Gasteiger partial charge in [0.1, 0.15) is 18.2 Å².